The summed E-state index contributed by atoms with van der Waals surface area (Å²) in [7, 11) is 0. The number of para-hydroxylation sites is 1. The molecule has 0 radical (unpaired) electrons. The Morgan fingerprint density at radius 2 is 1.57 bits per heavy atom. The highest BCUT2D eigenvalue weighted by molar-refractivity contribution is 7.25. The first-order valence-corrected chi connectivity index (χ1v) is 8.06. The molecule has 0 amide bonds. The van der Waals surface area contributed by atoms with Gasteiger partial charge in [-0.15, -0.1) is 11.3 Å². The van der Waals surface area contributed by atoms with Gasteiger partial charge in [-0.05, 0) is 18.2 Å². The van der Waals surface area contributed by atoms with E-state index in [1.54, 1.807) is 23.7 Å². The molecule has 0 N–H and O–H groups in total. The van der Waals surface area contributed by atoms with E-state index < -0.39 is 0 Å². The highest BCUT2D eigenvalue weighted by atomic mass is 32.1. The molecule has 108 valence electrons. The lowest BCUT2D eigenvalue weighted by atomic mass is 10.1. The summed E-state index contributed by atoms with van der Waals surface area (Å²) in [4.78, 5) is 19.3. The fourth-order valence-electron chi connectivity index (χ4n) is 2.80. The van der Waals surface area contributed by atoms with Crippen molar-refractivity contribution in [3.63, 3.8) is 0 Å². The quantitative estimate of drug-likeness (QED) is 0.458. The number of fused-ring (bicyclic) bond motifs is 4. The number of hydrogen-bond donors (Lipinski definition) is 0. The van der Waals surface area contributed by atoms with Gasteiger partial charge >= 0.3 is 0 Å². The lowest BCUT2D eigenvalue weighted by Crippen LogP contribution is -1.89. The van der Waals surface area contributed by atoms with Crippen LogP contribution in [0.15, 0.2) is 61.1 Å². The molecule has 0 aliphatic carbocycles. The van der Waals surface area contributed by atoms with Gasteiger partial charge in [0, 0.05) is 23.3 Å². The second kappa shape index (κ2) is 4.79. The molecule has 1 aromatic carbocycles. The van der Waals surface area contributed by atoms with E-state index in [0.717, 1.165) is 42.7 Å². The van der Waals surface area contributed by atoms with E-state index in [9.17, 15) is 0 Å². The van der Waals surface area contributed by atoms with Crippen molar-refractivity contribution in [1.82, 2.24) is 19.9 Å². The average Bonchev–Trinajstić information content (AvgIpc) is 2.99. The molecule has 4 aromatic heterocycles. The van der Waals surface area contributed by atoms with Crippen molar-refractivity contribution >= 4 is 42.8 Å². The maximum atomic E-state index is 4.83. The van der Waals surface area contributed by atoms with Crippen molar-refractivity contribution in [2.24, 2.45) is 0 Å². The molecule has 0 aliphatic heterocycles. The Morgan fingerprint density at radius 3 is 2.52 bits per heavy atom. The van der Waals surface area contributed by atoms with E-state index >= 15 is 0 Å². The maximum absolute atomic E-state index is 4.83. The van der Waals surface area contributed by atoms with Gasteiger partial charge in [0.1, 0.15) is 15.9 Å². The summed E-state index contributed by atoms with van der Waals surface area (Å²) >= 11 is 1.62. The first-order valence-electron chi connectivity index (χ1n) is 7.24. The molecule has 4 heterocycles. The smallest absolute Gasteiger partial charge is 0.144 e. The molecule has 0 atom stereocenters. The van der Waals surface area contributed by atoms with E-state index in [-0.39, 0.29) is 0 Å². The van der Waals surface area contributed by atoms with E-state index in [2.05, 4.69) is 33.2 Å². The molecule has 5 aromatic rings. The minimum atomic E-state index is 0.826. The predicted octanol–water partition coefficient (Wildman–Crippen LogP) is 4.45. The van der Waals surface area contributed by atoms with Gasteiger partial charge in [-0.25, -0.2) is 9.97 Å². The average molecular weight is 314 g/mol. The standard InChI is InChI=1S/C18H10N4S/c1-4-11-5-2-8-19-15(11)12(6-1)13-10-21-18-17(22-13)16-14(23-18)7-3-9-20-16/h1-10H. The van der Waals surface area contributed by atoms with Crippen LogP contribution in [0.25, 0.3) is 42.7 Å². The van der Waals surface area contributed by atoms with Crippen molar-refractivity contribution in [2.75, 3.05) is 0 Å². The highest BCUT2D eigenvalue weighted by Gasteiger charge is 2.12. The molecule has 0 saturated carbocycles. The second-order valence-corrected chi connectivity index (χ2v) is 6.27. The molecule has 5 rings (SSSR count). The summed E-state index contributed by atoms with van der Waals surface area (Å²) in [6.07, 6.45) is 5.42. The monoisotopic (exact) mass is 314 g/mol. The number of benzene rings is 1. The summed E-state index contributed by atoms with van der Waals surface area (Å²) < 4.78 is 1.11. The molecule has 0 fully saturated rings. The number of nitrogens with zero attached hydrogens (tertiary/aromatic N) is 4. The predicted molar refractivity (Wildman–Crippen MR) is 93.5 cm³/mol. The topological polar surface area (TPSA) is 51.6 Å². The largest absolute Gasteiger partial charge is 0.256 e. The third-order valence-electron chi connectivity index (χ3n) is 3.85. The number of hydrogen-bond acceptors (Lipinski definition) is 5. The van der Waals surface area contributed by atoms with Gasteiger partial charge in [-0.3, -0.25) is 9.97 Å². The van der Waals surface area contributed by atoms with Gasteiger partial charge in [0.25, 0.3) is 0 Å². The third kappa shape index (κ3) is 1.90. The Morgan fingerprint density at radius 1 is 0.739 bits per heavy atom. The molecule has 4 nitrogen and oxygen atoms in total. The summed E-state index contributed by atoms with van der Waals surface area (Å²) in [5.41, 5.74) is 4.53. The maximum Gasteiger partial charge on any atom is 0.144 e. The summed E-state index contributed by atoms with van der Waals surface area (Å²) in [5, 5.41) is 1.10. The Kier molecular flexibility index (Phi) is 2.63. The van der Waals surface area contributed by atoms with Gasteiger partial charge in [0.2, 0.25) is 0 Å². The van der Waals surface area contributed by atoms with Crippen LogP contribution in [-0.2, 0) is 0 Å². The van der Waals surface area contributed by atoms with Crippen molar-refractivity contribution in [1.29, 1.82) is 0 Å². The normalized spacial score (nSPS) is 11.5. The minimum absolute atomic E-state index is 0.826. The molecule has 0 unspecified atom stereocenters. The number of rotatable bonds is 1. The van der Waals surface area contributed by atoms with E-state index in [1.165, 1.54) is 0 Å². The fourth-order valence-corrected chi connectivity index (χ4v) is 3.75. The highest BCUT2D eigenvalue weighted by Crippen LogP contribution is 2.32. The fraction of sp³-hybridized carbons (Fsp3) is 0. The van der Waals surface area contributed by atoms with Gasteiger partial charge in [0.05, 0.1) is 22.1 Å². The van der Waals surface area contributed by atoms with Gasteiger partial charge in [0.15, 0.2) is 0 Å². The SMILES string of the molecule is c1cnc2c(-c3cnc4sc5cccnc5c4n3)cccc2c1. The first-order chi connectivity index (χ1) is 11.4. The molecule has 5 heteroatoms. The van der Waals surface area contributed by atoms with Crippen LogP contribution in [0.1, 0.15) is 0 Å². The minimum Gasteiger partial charge on any atom is -0.256 e. The molecule has 0 saturated heterocycles. The molecule has 0 bridgehead atoms. The number of thiophene rings is 1. The van der Waals surface area contributed by atoms with Crippen LogP contribution in [0.4, 0.5) is 0 Å². The van der Waals surface area contributed by atoms with Crippen molar-refractivity contribution < 1.29 is 0 Å². The van der Waals surface area contributed by atoms with Crippen molar-refractivity contribution in [3.8, 4) is 11.3 Å². The van der Waals surface area contributed by atoms with Gasteiger partial charge < -0.3 is 0 Å². The van der Waals surface area contributed by atoms with E-state index in [4.69, 9.17) is 4.98 Å². The van der Waals surface area contributed by atoms with Crippen LogP contribution < -0.4 is 0 Å². The Hall–Kier alpha value is -2.92. The summed E-state index contributed by atoms with van der Waals surface area (Å²) in [5.74, 6) is 0. The van der Waals surface area contributed by atoms with Crippen LogP contribution >= 0.6 is 11.3 Å². The van der Waals surface area contributed by atoms with E-state index in [1.807, 2.05) is 30.5 Å². The first kappa shape index (κ1) is 12.6. The molecule has 0 aliphatic rings. The van der Waals surface area contributed by atoms with Crippen molar-refractivity contribution in [3.05, 3.63) is 61.1 Å². The van der Waals surface area contributed by atoms with Gasteiger partial charge in [-0.2, -0.15) is 0 Å². The second-order valence-electron chi connectivity index (χ2n) is 5.24. The summed E-state index contributed by atoms with van der Waals surface area (Å²) in [6.45, 7) is 0. The van der Waals surface area contributed by atoms with Crippen LogP contribution in [0.5, 0.6) is 0 Å². The Balaban J connectivity index is 1.84. The van der Waals surface area contributed by atoms with Crippen molar-refractivity contribution in [2.45, 2.75) is 0 Å². The van der Waals surface area contributed by atoms with Crippen LogP contribution in [-0.4, -0.2) is 19.9 Å². The zero-order chi connectivity index (χ0) is 15.2. The van der Waals surface area contributed by atoms with Crippen LogP contribution in [0.2, 0.25) is 0 Å². The number of pyridine rings is 2. The summed E-state index contributed by atoms with van der Waals surface area (Å²) in [6, 6.07) is 14.1. The third-order valence-corrected chi connectivity index (χ3v) is 4.89. The van der Waals surface area contributed by atoms with Gasteiger partial charge in [-0.1, -0.05) is 24.3 Å². The lowest BCUT2D eigenvalue weighted by molar-refractivity contribution is 1.30. The van der Waals surface area contributed by atoms with E-state index in [0.29, 0.717) is 0 Å². The zero-order valence-corrected chi connectivity index (χ0v) is 12.8. The lowest BCUT2D eigenvalue weighted by Gasteiger charge is -2.04. The molecule has 23 heavy (non-hydrogen) atoms. The van der Waals surface area contributed by atoms with Crippen LogP contribution in [0.3, 0.4) is 0 Å². The van der Waals surface area contributed by atoms with Crippen LogP contribution in [0, 0.1) is 0 Å². The molecular formula is C18H10N4S. The molecular weight excluding hydrogens is 304 g/mol. The molecule has 0 spiro atoms. The Labute approximate surface area is 135 Å². The number of aromatic nitrogens is 4. The zero-order valence-electron chi connectivity index (χ0n) is 12.0. The Bertz CT molecular complexity index is 1170.